The van der Waals surface area contributed by atoms with E-state index < -0.39 is 0 Å². The Balaban J connectivity index is 2.18. The van der Waals surface area contributed by atoms with E-state index in [4.69, 9.17) is 10.5 Å². The summed E-state index contributed by atoms with van der Waals surface area (Å²) in [7, 11) is 0. The van der Waals surface area contributed by atoms with E-state index in [0.29, 0.717) is 0 Å². The number of aryl methyl sites for hydroxylation is 1. The van der Waals surface area contributed by atoms with Crippen LogP contribution in [-0.2, 0) is 4.74 Å². The number of nitrogens with two attached hydrogens (primary N) is 1. The van der Waals surface area contributed by atoms with Gasteiger partial charge in [-0.1, -0.05) is 12.1 Å². The Labute approximate surface area is 84.3 Å². The predicted molar refractivity (Wildman–Crippen MR) is 57.2 cm³/mol. The summed E-state index contributed by atoms with van der Waals surface area (Å²) in [6.45, 7) is 4.61. The first-order valence-corrected chi connectivity index (χ1v) is 4.96. The largest absolute Gasteiger partial charge is 0.399 e. The van der Waals surface area contributed by atoms with Crippen molar-refractivity contribution in [1.29, 1.82) is 0 Å². The number of benzene rings is 1. The predicted octanol–water partition coefficient (Wildman–Crippen LogP) is 1.24. The van der Waals surface area contributed by atoms with Crippen LogP contribution in [0.25, 0.3) is 0 Å². The van der Waals surface area contributed by atoms with E-state index in [9.17, 15) is 0 Å². The molecule has 0 aromatic heterocycles. The van der Waals surface area contributed by atoms with Crippen LogP contribution >= 0.6 is 0 Å². The quantitative estimate of drug-likeness (QED) is 0.658. The Morgan fingerprint density at radius 3 is 3.00 bits per heavy atom. The zero-order chi connectivity index (χ0) is 9.97. The van der Waals surface area contributed by atoms with Crippen LogP contribution in [0.4, 0.5) is 5.69 Å². The molecule has 1 saturated heterocycles. The number of morpholine rings is 1. The van der Waals surface area contributed by atoms with Gasteiger partial charge in [-0.3, -0.25) is 0 Å². The first-order chi connectivity index (χ1) is 6.77. The van der Waals surface area contributed by atoms with Gasteiger partial charge >= 0.3 is 0 Å². The normalized spacial score (nSPS) is 22.2. The van der Waals surface area contributed by atoms with Crippen molar-refractivity contribution < 1.29 is 4.74 Å². The van der Waals surface area contributed by atoms with Gasteiger partial charge in [0.1, 0.15) is 0 Å². The van der Waals surface area contributed by atoms with E-state index >= 15 is 0 Å². The second-order valence-electron chi connectivity index (χ2n) is 3.68. The fraction of sp³-hybridized carbons (Fsp3) is 0.455. The molecule has 0 saturated carbocycles. The fourth-order valence-corrected chi connectivity index (χ4v) is 1.64. The van der Waals surface area contributed by atoms with Gasteiger partial charge in [-0.25, -0.2) is 0 Å². The third-order valence-electron chi connectivity index (χ3n) is 2.60. The van der Waals surface area contributed by atoms with E-state index in [1.165, 1.54) is 5.56 Å². The molecule has 0 radical (unpaired) electrons. The first kappa shape index (κ1) is 9.49. The summed E-state index contributed by atoms with van der Waals surface area (Å²) in [5.41, 5.74) is 8.99. The molecule has 0 bridgehead atoms. The molecular weight excluding hydrogens is 176 g/mol. The third kappa shape index (κ3) is 1.89. The fourth-order valence-electron chi connectivity index (χ4n) is 1.64. The maximum atomic E-state index is 5.85. The molecule has 1 unspecified atom stereocenters. The molecule has 3 N–H and O–H groups in total. The van der Waals surface area contributed by atoms with Gasteiger partial charge in [0.25, 0.3) is 0 Å². The number of hydrogen-bond acceptors (Lipinski definition) is 3. The van der Waals surface area contributed by atoms with E-state index in [1.54, 1.807) is 0 Å². The number of ether oxygens (including phenoxy) is 1. The van der Waals surface area contributed by atoms with Crippen molar-refractivity contribution in [3.05, 3.63) is 29.3 Å². The SMILES string of the molecule is Cc1ccc(C2CNCCO2)cc1N. The first-order valence-electron chi connectivity index (χ1n) is 4.96. The Morgan fingerprint density at radius 2 is 2.36 bits per heavy atom. The Kier molecular flexibility index (Phi) is 2.70. The van der Waals surface area contributed by atoms with Crippen molar-refractivity contribution in [1.82, 2.24) is 5.32 Å². The van der Waals surface area contributed by atoms with E-state index in [-0.39, 0.29) is 6.10 Å². The maximum absolute atomic E-state index is 5.85. The van der Waals surface area contributed by atoms with Crippen molar-refractivity contribution in [2.45, 2.75) is 13.0 Å². The second kappa shape index (κ2) is 3.98. The molecule has 1 atom stereocenters. The molecule has 3 nitrogen and oxygen atoms in total. The molecule has 0 spiro atoms. The zero-order valence-electron chi connectivity index (χ0n) is 8.42. The molecule has 1 aliphatic heterocycles. The van der Waals surface area contributed by atoms with Gasteiger partial charge in [-0.2, -0.15) is 0 Å². The summed E-state index contributed by atoms with van der Waals surface area (Å²) in [5.74, 6) is 0. The molecule has 1 fully saturated rings. The number of hydrogen-bond donors (Lipinski definition) is 2. The molecule has 1 aliphatic rings. The lowest BCUT2D eigenvalue weighted by atomic mass is 10.0. The van der Waals surface area contributed by atoms with Crippen molar-refractivity contribution >= 4 is 5.69 Å². The van der Waals surface area contributed by atoms with Crippen molar-refractivity contribution in [3.8, 4) is 0 Å². The number of nitrogens with one attached hydrogen (secondary N) is 1. The number of anilines is 1. The van der Waals surface area contributed by atoms with Gasteiger partial charge in [0.05, 0.1) is 12.7 Å². The summed E-state index contributed by atoms with van der Waals surface area (Å²) in [5, 5.41) is 3.30. The molecule has 14 heavy (non-hydrogen) atoms. The topological polar surface area (TPSA) is 47.3 Å². The third-order valence-corrected chi connectivity index (χ3v) is 2.60. The molecule has 0 amide bonds. The second-order valence-corrected chi connectivity index (χ2v) is 3.68. The highest BCUT2D eigenvalue weighted by Gasteiger charge is 2.15. The molecular formula is C11H16N2O. The van der Waals surface area contributed by atoms with Gasteiger partial charge in [-0.15, -0.1) is 0 Å². The minimum Gasteiger partial charge on any atom is -0.399 e. The molecule has 76 valence electrons. The minimum atomic E-state index is 0.159. The van der Waals surface area contributed by atoms with Crippen molar-refractivity contribution in [3.63, 3.8) is 0 Å². The molecule has 2 rings (SSSR count). The van der Waals surface area contributed by atoms with E-state index in [2.05, 4.69) is 11.4 Å². The average molecular weight is 192 g/mol. The van der Waals surface area contributed by atoms with E-state index in [0.717, 1.165) is 30.9 Å². The van der Waals surface area contributed by atoms with Crippen molar-refractivity contribution in [2.24, 2.45) is 0 Å². The highest BCUT2D eigenvalue weighted by atomic mass is 16.5. The van der Waals surface area contributed by atoms with Gasteiger partial charge < -0.3 is 15.8 Å². The summed E-state index contributed by atoms with van der Waals surface area (Å²) in [4.78, 5) is 0. The summed E-state index contributed by atoms with van der Waals surface area (Å²) in [6.07, 6.45) is 0.159. The van der Waals surface area contributed by atoms with Crippen LogP contribution in [0.5, 0.6) is 0 Å². The Morgan fingerprint density at radius 1 is 1.50 bits per heavy atom. The minimum absolute atomic E-state index is 0.159. The van der Waals surface area contributed by atoms with Crippen LogP contribution in [0.3, 0.4) is 0 Å². The summed E-state index contributed by atoms with van der Waals surface area (Å²) < 4.78 is 5.64. The standard InChI is InChI=1S/C11H16N2O/c1-8-2-3-9(6-10(8)12)11-7-13-4-5-14-11/h2-3,6,11,13H,4-5,7,12H2,1H3. The van der Waals surface area contributed by atoms with Crippen LogP contribution in [0.2, 0.25) is 0 Å². The maximum Gasteiger partial charge on any atom is 0.0950 e. The molecule has 1 heterocycles. The van der Waals surface area contributed by atoms with Crippen LogP contribution in [0.15, 0.2) is 18.2 Å². The van der Waals surface area contributed by atoms with Gasteiger partial charge in [0.15, 0.2) is 0 Å². The Bertz CT molecular complexity index is 319. The van der Waals surface area contributed by atoms with Crippen LogP contribution in [0, 0.1) is 6.92 Å². The molecule has 1 aromatic rings. The smallest absolute Gasteiger partial charge is 0.0950 e. The summed E-state index contributed by atoms with van der Waals surface area (Å²) in [6, 6.07) is 6.14. The lowest BCUT2D eigenvalue weighted by molar-refractivity contribution is 0.0277. The highest BCUT2D eigenvalue weighted by Crippen LogP contribution is 2.22. The Hall–Kier alpha value is -1.06. The number of rotatable bonds is 1. The monoisotopic (exact) mass is 192 g/mol. The van der Waals surface area contributed by atoms with E-state index in [1.807, 2.05) is 19.1 Å². The molecule has 1 aromatic carbocycles. The van der Waals surface area contributed by atoms with Crippen LogP contribution in [-0.4, -0.2) is 19.7 Å². The molecule has 0 aliphatic carbocycles. The van der Waals surface area contributed by atoms with Gasteiger partial charge in [0, 0.05) is 18.8 Å². The molecule has 3 heteroatoms. The lowest BCUT2D eigenvalue weighted by Gasteiger charge is -2.24. The van der Waals surface area contributed by atoms with Gasteiger partial charge in [0.2, 0.25) is 0 Å². The van der Waals surface area contributed by atoms with Crippen LogP contribution < -0.4 is 11.1 Å². The zero-order valence-corrected chi connectivity index (χ0v) is 8.42. The van der Waals surface area contributed by atoms with Crippen molar-refractivity contribution in [2.75, 3.05) is 25.4 Å². The summed E-state index contributed by atoms with van der Waals surface area (Å²) >= 11 is 0. The number of nitrogen functional groups attached to an aromatic ring is 1. The highest BCUT2D eigenvalue weighted by molar-refractivity contribution is 5.48. The van der Waals surface area contributed by atoms with Gasteiger partial charge in [-0.05, 0) is 24.1 Å². The lowest BCUT2D eigenvalue weighted by Crippen LogP contribution is -2.33. The van der Waals surface area contributed by atoms with Crippen LogP contribution in [0.1, 0.15) is 17.2 Å². The average Bonchev–Trinajstić information content (AvgIpc) is 2.23.